The van der Waals surface area contributed by atoms with Crippen LogP contribution in [0, 0.1) is 6.92 Å². The lowest BCUT2D eigenvalue weighted by molar-refractivity contribution is -0.137. The molecule has 0 saturated heterocycles. The number of benzene rings is 2. The summed E-state index contributed by atoms with van der Waals surface area (Å²) in [6, 6.07) is 12.4. The SMILES string of the molecule is CCc1ccc(CCN2CC=C(c3cccc(C(F)(F)F)c3)CC2)cc1C. The Morgan fingerprint density at radius 1 is 1.07 bits per heavy atom. The number of hydrogen-bond acceptors (Lipinski definition) is 1. The first kappa shape index (κ1) is 19.7. The lowest BCUT2D eigenvalue weighted by atomic mass is 9.97. The van der Waals surface area contributed by atoms with E-state index in [-0.39, 0.29) is 0 Å². The Hall–Kier alpha value is -2.07. The second kappa shape index (κ2) is 8.30. The minimum absolute atomic E-state index is 0.575. The highest BCUT2D eigenvalue weighted by Crippen LogP contribution is 2.32. The minimum atomic E-state index is -4.29. The first-order valence-electron chi connectivity index (χ1n) is 9.54. The van der Waals surface area contributed by atoms with Gasteiger partial charge in [0.15, 0.2) is 0 Å². The summed E-state index contributed by atoms with van der Waals surface area (Å²) in [6.07, 6.45) is 0.626. The van der Waals surface area contributed by atoms with E-state index in [0.717, 1.165) is 50.5 Å². The Kier molecular flexibility index (Phi) is 6.05. The van der Waals surface area contributed by atoms with Gasteiger partial charge in [-0.15, -0.1) is 0 Å². The monoisotopic (exact) mass is 373 g/mol. The van der Waals surface area contributed by atoms with Crippen LogP contribution in [0.3, 0.4) is 0 Å². The van der Waals surface area contributed by atoms with Gasteiger partial charge in [-0.1, -0.05) is 43.3 Å². The van der Waals surface area contributed by atoms with Gasteiger partial charge < -0.3 is 0 Å². The highest BCUT2D eigenvalue weighted by atomic mass is 19.4. The first-order chi connectivity index (χ1) is 12.9. The Labute approximate surface area is 159 Å². The molecule has 0 aliphatic carbocycles. The fraction of sp³-hybridized carbons (Fsp3) is 0.391. The summed E-state index contributed by atoms with van der Waals surface area (Å²) in [7, 11) is 0. The van der Waals surface area contributed by atoms with Crippen LogP contribution in [0.25, 0.3) is 5.57 Å². The van der Waals surface area contributed by atoms with E-state index >= 15 is 0 Å². The van der Waals surface area contributed by atoms with Crippen molar-refractivity contribution < 1.29 is 13.2 Å². The molecular weight excluding hydrogens is 347 g/mol. The van der Waals surface area contributed by atoms with Crippen LogP contribution in [0.15, 0.2) is 48.5 Å². The minimum Gasteiger partial charge on any atom is -0.299 e. The molecule has 3 rings (SSSR count). The van der Waals surface area contributed by atoms with E-state index in [1.165, 1.54) is 28.8 Å². The van der Waals surface area contributed by atoms with E-state index in [0.29, 0.717) is 5.56 Å². The van der Waals surface area contributed by atoms with E-state index in [1.807, 2.05) is 0 Å². The summed E-state index contributed by atoms with van der Waals surface area (Å²) in [5, 5.41) is 0. The molecule has 0 atom stereocenters. The molecule has 1 aliphatic rings. The van der Waals surface area contributed by atoms with Crippen molar-refractivity contribution in [2.24, 2.45) is 0 Å². The van der Waals surface area contributed by atoms with Gasteiger partial charge in [0, 0.05) is 19.6 Å². The van der Waals surface area contributed by atoms with Crippen LogP contribution in [-0.2, 0) is 19.0 Å². The topological polar surface area (TPSA) is 3.24 Å². The molecule has 27 heavy (non-hydrogen) atoms. The van der Waals surface area contributed by atoms with Crippen LogP contribution in [0.5, 0.6) is 0 Å². The maximum Gasteiger partial charge on any atom is 0.416 e. The van der Waals surface area contributed by atoms with E-state index < -0.39 is 11.7 Å². The second-order valence-corrected chi connectivity index (χ2v) is 7.22. The molecule has 1 nitrogen and oxygen atoms in total. The summed E-state index contributed by atoms with van der Waals surface area (Å²) < 4.78 is 38.7. The molecule has 0 bridgehead atoms. The molecule has 144 valence electrons. The van der Waals surface area contributed by atoms with Gasteiger partial charge in [-0.2, -0.15) is 13.2 Å². The number of nitrogens with zero attached hydrogens (tertiary/aromatic N) is 1. The number of alkyl halides is 3. The molecule has 0 N–H and O–H groups in total. The fourth-order valence-corrected chi connectivity index (χ4v) is 3.67. The van der Waals surface area contributed by atoms with Crippen molar-refractivity contribution in [1.29, 1.82) is 0 Å². The van der Waals surface area contributed by atoms with Crippen molar-refractivity contribution in [3.8, 4) is 0 Å². The summed E-state index contributed by atoms with van der Waals surface area (Å²) >= 11 is 0. The Morgan fingerprint density at radius 2 is 1.89 bits per heavy atom. The summed E-state index contributed by atoms with van der Waals surface area (Å²) in [6.45, 7) is 6.97. The molecule has 1 aliphatic heterocycles. The van der Waals surface area contributed by atoms with E-state index in [4.69, 9.17) is 0 Å². The van der Waals surface area contributed by atoms with Crippen molar-refractivity contribution in [3.63, 3.8) is 0 Å². The zero-order valence-corrected chi connectivity index (χ0v) is 15.9. The van der Waals surface area contributed by atoms with Crippen LogP contribution in [-0.4, -0.2) is 24.5 Å². The van der Waals surface area contributed by atoms with Crippen molar-refractivity contribution >= 4 is 5.57 Å². The van der Waals surface area contributed by atoms with Gasteiger partial charge >= 0.3 is 6.18 Å². The lowest BCUT2D eigenvalue weighted by Gasteiger charge is -2.26. The van der Waals surface area contributed by atoms with Crippen molar-refractivity contribution in [2.45, 2.75) is 39.3 Å². The predicted molar refractivity (Wildman–Crippen MR) is 105 cm³/mol. The molecular formula is C23H26F3N. The van der Waals surface area contributed by atoms with Crippen molar-refractivity contribution in [3.05, 3.63) is 76.4 Å². The highest BCUT2D eigenvalue weighted by Gasteiger charge is 2.30. The van der Waals surface area contributed by atoms with Gasteiger partial charge in [0.25, 0.3) is 0 Å². The molecule has 2 aromatic rings. The molecule has 0 unspecified atom stereocenters. The maximum absolute atomic E-state index is 12.9. The van der Waals surface area contributed by atoms with Crippen LogP contribution in [0.4, 0.5) is 13.2 Å². The molecule has 0 amide bonds. The quantitative estimate of drug-likeness (QED) is 0.630. The number of rotatable bonds is 5. The Balaban J connectivity index is 1.59. The molecule has 0 fully saturated rings. The smallest absolute Gasteiger partial charge is 0.299 e. The summed E-state index contributed by atoms with van der Waals surface area (Å²) in [5.74, 6) is 0. The van der Waals surface area contributed by atoms with Gasteiger partial charge in [-0.3, -0.25) is 4.90 Å². The third-order valence-corrected chi connectivity index (χ3v) is 5.36. The van der Waals surface area contributed by atoms with Gasteiger partial charge in [0.2, 0.25) is 0 Å². The van der Waals surface area contributed by atoms with Gasteiger partial charge in [-0.25, -0.2) is 0 Å². The maximum atomic E-state index is 12.9. The average Bonchev–Trinajstić information content (AvgIpc) is 2.66. The Morgan fingerprint density at radius 3 is 2.52 bits per heavy atom. The van der Waals surface area contributed by atoms with E-state index in [2.05, 4.69) is 43.0 Å². The van der Waals surface area contributed by atoms with Crippen molar-refractivity contribution in [2.75, 3.05) is 19.6 Å². The normalized spacial score (nSPS) is 15.7. The summed E-state index contributed by atoms with van der Waals surface area (Å²) in [5.41, 5.74) is 5.22. The van der Waals surface area contributed by atoms with Crippen LogP contribution < -0.4 is 0 Å². The molecule has 0 radical (unpaired) electrons. The largest absolute Gasteiger partial charge is 0.416 e. The second-order valence-electron chi connectivity index (χ2n) is 7.22. The van der Waals surface area contributed by atoms with Gasteiger partial charge in [0.05, 0.1) is 5.56 Å². The molecule has 2 aromatic carbocycles. The fourth-order valence-electron chi connectivity index (χ4n) is 3.67. The highest BCUT2D eigenvalue weighted by molar-refractivity contribution is 5.67. The lowest BCUT2D eigenvalue weighted by Crippen LogP contribution is -2.30. The van der Waals surface area contributed by atoms with E-state index in [1.54, 1.807) is 6.07 Å². The van der Waals surface area contributed by atoms with Crippen molar-refractivity contribution in [1.82, 2.24) is 4.90 Å². The molecule has 0 spiro atoms. The van der Waals surface area contributed by atoms with Gasteiger partial charge in [0.1, 0.15) is 0 Å². The third kappa shape index (κ3) is 5.01. The van der Waals surface area contributed by atoms with Crippen LogP contribution in [0.1, 0.15) is 41.2 Å². The number of hydrogen-bond donors (Lipinski definition) is 0. The van der Waals surface area contributed by atoms with Crippen LogP contribution in [0.2, 0.25) is 0 Å². The molecule has 0 aromatic heterocycles. The number of halogens is 3. The molecule has 1 heterocycles. The zero-order chi connectivity index (χ0) is 19.4. The standard InChI is InChI=1S/C23H26F3N/c1-3-19-8-7-18(15-17(19)2)9-12-27-13-10-20(11-14-27)21-5-4-6-22(16-21)23(24,25)26/h4-8,10,15-16H,3,9,11-14H2,1-2H3. The number of aryl methyl sites for hydroxylation is 2. The third-order valence-electron chi connectivity index (χ3n) is 5.36. The van der Waals surface area contributed by atoms with E-state index in [9.17, 15) is 13.2 Å². The molecule has 4 heteroatoms. The molecule has 0 saturated carbocycles. The Bertz CT molecular complexity index is 821. The predicted octanol–water partition coefficient (Wildman–Crippen LogP) is 5.91. The first-order valence-corrected chi connectivity index (χ1v) is 9.54. The summed E-state index contributed by atoms with van der Waals surface area (Å²) in [4.78, 5) is 2.36. The van der Waals surface area contributed by atoms with Crippen LogP contribution >= 0.6 is 0 Å². The average molecular weight is 373 g/mol. The zero-order valence-electron chi connectivity index (χ0n) is 15.9. The van der Waals surface area contributed by atoms with Gasteiger partial charge in [-0.05, 0) is 66.1 Å².